The summed E-state index contributed by atoms with van der Waals surface area (Å²) in [6.45, 7) is 0. The Labute approximate surface area is 135 Å². The number of nitrogens with one attached hydrogen (secondary N) is 1. The van der Waals surface area contributed by atoms with Crippen LogP contribution in [0.15, 0.2) is 45.8 Å². The SMILES string of the molecule is Nc1ccc(NS(=O)(=O)c2cc(Cl)cc(Cl)c2)c(Br)c1. The van der Waals surface area contributed by atoms with Crippen LogP contribution < -0.4 is 10.5 Å². The molecule has 20 heavy (non-hydrogen) atoms. The van der Waals surface area contributed by atoms with Crippen LogP contribution in [0.2, 0.25) is 10.0 Å². The third-order valence-electron chi connectivity index (χ3n) is 2.38. The molecule has 0 saturated heterocycles. The largest absolute Gasteiger partial charge is 0.399 e. The lowest BCUT2D eigenvalue weighted by Gasteiger charge is -2.11. The minimum Gasteiger partial charge on any atom is -0.399 e. The Morgan fingerprint density at radius 3 is 2.20 bits per heavy atom. The monoisotopic (exact) mass is 394 g/mol. The highest BCUT2D eigenvalue weighted by molar-refractivity contribution is 9.10. The number of halogens is 3. The Morgan fingerprint density at radius 2 is 1.65 bits per heavy atom. The average molecular weight is 396 g/mol. The van der Waals surface area contributed by atoms with Gasteiger partial charge < -0.3 is 5.73 Å². The molecule has 0 fully saturated rings. The molecule has 3 N–H and O–H groups in total. The summed E-state index contributed by atoms with van der Waals surface area (Å²) < 4.78 is 27.5. The van der Waals surface area contributed by atoms with E-state index in [-0.39, 0.29) is 14.9 Å². The molecule has 0 atom stereocenters. The molecule has 0 radical (unpaired) electrons. The Balaban J connectivity index is 2.40. The number of hydrogen-bond donors (Lipinski definition) is 2. The third kappa shape index (κ3) is 3.58. The van der Waals surface area contributed by atoms with E-state index in [0.717, 1.165) is 0 Å². The Kier molecular flexibility index (Phi) is 4.49. The highest BCUT2D eigenvalue weighted by atomic mass is 79.9. The highest BCUT2D eigenvalue weighted by Crippen LogP contribution is 2.28. The zero-order chi connectivity index (χ0) is 14.9. The topological polar surface area (TPSA) is 72.2 Å². The van der Waals surface area contributed by atoms with Gasteiger partial charge in [0.05, 0.1) is 10.6 Å². The molecule has 0 spiro atoms. The second kappa shape index (κ2) is 5.81. The van der Waals surface area contributed by atoms with Crippen LogP contribution in [0.5, 0.6) is 0 Å². The van der Waals surface area contributed by atoms with Crippen molar-refractivity contribution >= 4 is 60.5 Å². The van der Waals surface area contributed by atoms with E-state index in [4.69, 9.17) is 28.9 Å². The standard InChI is InChI=1S/C12H9BrCl2N2O2S/c13-11-6-9(16)1-2-12(11)17-20(18,19)10-4-7(14)3-8(15)5-10/h1-6,17H,16H2. The zero-order valence-electron chi connectivity index (χ0n) is 9.90. The van der Waals surface area contributed by atoms with Gasteiger partial charge in [-0.3, -0.25) is 4.72 Å². The van der Waals surface area contributed by atoms with Crippen LogP contribution in [0.25, 0.3) is 0 Å². The quantitative estimate of drug-likeness (QED) is 0.767. The molecular weight excluding hydrogens is 387 g/mol. The molecular formula is C12H9BrCl2N2O2S. The molecule has 0 heterocycles. The molecule has 0 saturated carbocycles. The maximum Gasteiger partial charge on any atom is 0.262 e. The maximum absolute atomic E-state index is 12.3. The van der Waals surface area contributed by atoms with Crippen molar-refractivity contribution in [2.45, 2.75) is 4.90 Å². The van der Waals surface area contributed by atoms with Gasteiger partial charge in [0.2, 0.25) is 0 Å². The minimum atomic E-state index is -3.78. The van der Waals surface area contributed by atoms with Crippen LogP contribution in [0.3, 0.4) is 0 Å². The van der Waals surface area contributed by atoms with Gasteiger partial charge in [-0.2, -0.15) is 0 Å². The Hall–Kier alpha value is -0.950. The van der Waals surface area contributed by atoms with E-state index in [1.165, 1.54) is 18.2 Å². The summed E-state index contributed by atoms with van der Waals surface area (Å²) in [4.78, 5) is -0.0151. The number of rotatable bonds is 3. The summed E-state index contributed by atoms with van der Waals surface area (Å²) in [7, 11) is -3.78. The highest BCUT2D eigenvalue weighted by Gasteiger charge is 2.17. The van der Waals surface area contributed by atoms with Crippen LogP contribution in [0.1, 0.15) is 0 Å². The van der Waals surface area contributed by atoms with Gasteiger partial charge in [0.15, 0.2) is 0 Å². The van der Waals surface area contributed by atoms with Crippen molar-refractivity contribution in [2.24, 2.45) is 0 Å². The lowest BCUT2D eigenvalue weighted by Crippen LogP contribution is -2.13. The van der Waals surface area contributed by atoms with Gasteiger partial charge in [-0.05, 0) is 52.3 Å². The molecule has 0 aliphatic carbocycles. The summed E-state index contributed by atoms with van der Waals surface area (Å²) in [6, 6.07) is 8.85. The van der Waals surface area contributed by atoms with Crippen LogP contribution in [0, 0.1) is 0 Å². The number of nitrogens with two attached hydrogens (primary N) is 1. The van der Waals surface area contributed by atoms with E-state index >= 15 is 0 Å². The van der Waals surface area contributed by atoms with Gasteiger partial charge in [-0.25, -0.2) is 8.42 Å². The molecule has 8 heteroatoms. The number of benzene rings is 2. The zero-order valence-corrected chi connectivity index (χ0v) is 13.8. The summed E-state index contributed by atoms with van der Waals surface area (Å²) in [5.41, 5.74) is 6.49. The molecule has 2 aromatic carbocycles. The van der Waals surface area contributed by atoms with Crippen molar-refractivity contribution in [1.29, 1.82) is 0 Å². The van der Waals surface area contributed by atoms with E-state index in [0.29, 0.717) is 15.8 Å². The summed E-state index contributed by atoms with van der Waals surface area (Å²) in [5.74, 6) is 0. The first-order chi connectivity index (χ1) is 9.28. The van der Waals surface area contributed by atoms with Crippen molar-refractivity contribution < 1.29 is 8.42 Å². The second-order valence-corrected chi connectivity index (χ2v) is 7.36. The number of anilines is 2. The first-order valence-corrected chi connectivity index (χ1v) is 8.35. The van der Waals surface area contributed by atoms with E-state index in [1.54, 1.807) is 18.2 Å². The molecule has 0 unspecified atom stereocenters. The van der Waals surface area contributed by atoms with Crippen molar-refractivity contribution in [1.82, 2.24) is 0 Å². The number of sulfonamides is 1. The summed E-state index contributed by atoms with van der Waals surface area (Å²) >= 11 is 14.9. The fourth-order valence-corrected chi connectivity index (χ4v) is 3.93. The minimum absolute atomic E-state index is 0.0151. The third-order valence-corrected chi connectivity index (χ3v) is 4.82. The lowest BCUT2D eigenvalue weighted by molar-refractivity contribution is 0.601. The first kappa shape index (κ1) is 15.4. The van der Waals surface area contributed by atoms with E-state index in [1.807, 2.05) is 0 Å². The second-order valence-electron chi connectivity index (χ2n) is 3.95. The van der Waals surface area contributed by atoms with Crippen LogP contribution in [-0.4, -0.2) is 8.42 Å². The maximum atomic E-state index is 12.3. The van der Waals surface area contributed by atoms with Crippen LogP contribution in [0.4, 0.5) is 11.4 Å². The average Bonchev–Trinajstić information content (AvgIpc) is 2.31. The van der Waals surface area contributed by atoms with Crippen LogP contribution >= 0.6 is 39.1 Å². The fourth-order valence-electron chi connectivity index (χ4n) is 1.50. The molecule has 0 amide bonds. The first-order valence-electron chi connectivity index (χ1n) is 5.32. The summed E-state index contributed by atoms with van der Waals surface area (Å²) in [6.07, 6.45) is 0. The molecule has 106 valence electrons. The molecule has 0 aliphatic rings. The molecule has 2 aromatic rings. The van der Waals surface area contributed by atoms with Gasteiger partial charge in [-0.15, -0.1) is 0 Å². The van der Waals surface area contributed by atoms with Crippen molar-refractivity contribution in [3.8, 4) is 0 Å². The van der Waals surface area contributed by atoms with Gasteiger partial charge in [0.25, 0.3) is 10.0 Å². The molecule has 4 nitrogen and oxygen atoms in total. The van der Waals surface area contributed by atoms with Crippen molar-refractivity contribution in [3.63, 3.8) is 0 Å². The predicted octanol–water partition coefficient (Wildman–Crippen LogP) is 4.14. The van der Waals surface area contributed by atoms with E-state index < -0.39 is 10.0 Å². The van der Waals surface area contributed by atoms with Gasteiger partial charge in [-0.1, -0.05) is 23.2 Å². The fraction of sp³-hybridized carbons (Fsp3) is 0. The molecule has 0 bridgehead atoms. The van der Waals surface area contributed by atoms with Crippen molar-refractivity contribution in [3.05, 3.63) is 50.9 Å². The molecule has 0 aliphatic heterocycles. The van der Waals surface area contributed by atoms with E-state index in [9.17, 15) is 8.42 Å². The normalized spacial score (nSPS) is 11.3. The predicted molar refractivity (Wildman–Crippen MR) is 85.8 cm³/mol. The smallest absolute Gasteiger partial charge is 0.262 e. The van der Waals surface area contributed by atoms with E-state index in [2.05, 4.69) is 20.7 Å². The lowest BCUT2D eigenvalue weighted by atomic mass is 10.3. The van der Waals surface area contributed by atoms with Gasteiger partial charge in [0, 0.05) is 20.2 Å². The summed E-state index contributed by atoms with van der Waals surface area (Å²) in [5, 5.41) is 0.489. The van der Waals surface area contributed by atoms with Crippen molar-refractivity contribution in [2.75, 3.05) is 10.5 Å². The van der Waals surface area contributed by atoms with Gasteiger partial charge in [0.1, 0.15) is 0 Å². The molecule has 2 rings (SSSR count). The Bertz CT molecular complexity index is 746. The number of nitrogen functional groups attached to an aromatic ring is 1. The Morgan fingerprint density at radius 1 is 1.05 bits per heavy atom. The molecule has 0 aromatic heterocycles. The van der Waals surface area contributed by atoms with Gasteiger partial charge >= 0.3 is 0 Å². The van der Waals surface area contributed by atoms with Crippen LogP contribution in [-0.2, 0) is 10.0 Å². The number of hydrogen-bond acceptors (Lipinski definition) is 3.